The standard InChI is InChI=1S/C37H41FN10O2S/c1-6-29-33(45(5)35-44-32(30(17-39)51-35)23-7-10-26(38)11-8-23)48-20-24(9-12-31(48)43-29)25-18-40-34(41-19-25)46-15-13-27(14-16-46)42-28-21-47(22-28)36(49)50-37(2,3)4/h7-12,18-20,27-28,42H,6,13-16,21-22H2,1-5H3. The number of nitrogens with zero attached hydrogens (tertiary/aromatic N) is 9. The molecule has 0 aliphatic carbocycles. The number of benzene rings is 1. The summed E-state index contributed by atoms with van der Waals surface area (Å²) in [4.78, 5) is 37.8. The molecule has 1 amide bonds. The highest BCUT2D eigenvalue weighted by Crippen LogP contribution is 2.37. The highest BCUT2D eigenvalue weighted by atomic mass is 32.1. The van der Waals surface area contributed by atoms with Crippen molar-refractivity contribution in [1.82, 2.24) is 34.6 Å². The number of hydrogen-bond acceptors (Lipinski definition) is 11. The van der Waals surface area contributed by atoms with Crippen LogP contribution in [0, 0.1) is 17.1 Å². The first-order valence-electron chi connectivity index (χ1n) is 17.2. The highest BCUT2D eigenvalue weighted by molar-refractivity contribution is 7.16. The van der Waals surface area contributed by atoms with Crippen molar-refractivity contribution in [3.05, 3.63) is 71.4 Å². The predicted molar refractivity (Wildman–Crippen MR) is 196 cm³/mol. The van der Waals surface area contributed by atoms with Crippen LogP contribution in [0.2, 0.25) is 0 Å². The Labute approximate surface area is 300 Å². The van der Waals surface area contributed by atoms with Gasteiger partial charge in [-0.3, -0.25) is 4.40 Å². The molecule has 2 saturated heterocycles. The lowest BCUT2D eigenvalue weighted by atomic mass is 10.0. The molecule has 0 radical (unpaired) electrons. The molecule has 7 rings (SSSR count). The maximum Gasteiger partial charge on any atom is 0.410 e. The Kier molecular flexibility index (Phi) is 9.34. The molecule has 264 valence electrons. The first-order valence-corrected chi connectivity index (χ1v) is 18.0. The Balaban J connectivity index is 1.02. The molecule has 4 aromatic heterocycles. The topological polar surface area (TPSA) is 128 Å². The number of carbonyl (C=O) groups is 1. The quantitative estimate of drug-likeness (QED) is 0.193. The van der Waals surface area contributed by atoms with Crippen LogP contribution in [-0.2, 0) is 11.2 Å². The molecule has 1 N–H and O–H groups in total. The van der Waals surface area contributed by atoms with E-state index < -0.39 is 5.60 Å². The van der Waals surface area contributed by atoms with Crippen molar-refractivity contribution in [2.45, 2.75) is 64.6 Å². The number of nitrogens with one attached hydrogen (secondary N) is 1. The lowest BCUT2D eigenvalue weighted by Crippen LogP contribution is -2.63. The second-order valence-electron chi connectivity index (χ2n) is 14.0. The van der Waals surface area contributed by atoms with Crippen LogP contribution in [-0.4, -0.2) is 86.2 Å². The minimum Gasteiger partial charge on any atom is -0.444 e. The molecule has 2 fully saturated rings. The molecule has 1 aromatic carbocycles. The zero-order valence-electron chi connectivity index (χ0n) is 29.4. The average Bonchev–Trinajstić information content (AvgIpc) is 3.71. The Morgan fingerprint density at radius 2 is 1.73 bits per heavy atom. The van der Waals surface area contributed by atoms with E-state index in [4.69, 9.17) is 24.7 Å². The van der Waals surface area contributed by atoms with Gasteiger partial charge >= 0.3 is 6.09 Å². The SMILES string of the molecule is CCc1nc2ccc(-c3cnc(N4CCC(NC5CN(C(=O)OC(C)(C)C)C5)CC4)nc3)cn2c1N(C)c1nc(-c2ccc(F)cc2)c(C#N)s1. The molecule has 0 atom stereocenters. The van der Waals surface area contributed by atoms with Crippen LogP contribution in [0.1, 0.15) is 51.1 Å². The van der Waals surface area contributed by atoms with E-state index >= 15 is 0 Å². The molecular weight excluding hydrogens is 668 g/mol. The fourth-order valence-electron chi connectivity index (χ4n) is 6.54. The van der Waals surface area contributed by atoms with Crippen LogP contribution in [0.25, 0.3) is 28.0 Å². The van der Waals surface area contributed by atoms with E-state index in [2.05, 4.69) is 23.2 Å². The first-order chi connectivity index (χ1) is 24.5. The number of ether oxygens (including phenoxy) is 1. The average molecular weight is 709 g/mol. The van der Waals surface area contributed by atoms with Gasteiger partial charge < -0.3 is 24.8 Å². The summed E-state index contributed by atoms with van der Waals surface area (Å²) in [7, 11) is 1.92. The number of thiazole rings is 1. The largest absolute Gasteiger partial charge is 0.444 e. The van der Waals surface area contributed by atoms with Crippen molar-refractivity contribution >= 4 is 40.0 Å². The number of hydrogen-bond donors (Lipinski definition) is 1. The van der Waals surface area contributed by atoms with Gasteiger partial charge in [-0.1, -0.05) is 18.3 Å². The Morgan fingerprint density at radius 1 is 1.04 bits per heavy atom. The molecule has 2 aliphatic rings. The third kappa shape index (κ3) is 7.22. The number of pyridine rings is 1. The van der Waals surface area contributed by atoms with E-state index in [1.165, 1.54) is 23.5 Å². The van der Waals surface area contributed by atoms with Gasteiger partial charge in [0.1, 0.15) is 39.5 Å². The van der Waals surface area contributed by atoms with Gasteiger partial charge in [0.25, 0.3) is 0 Å². The third-order valence-electron chi connectivity index (χ3n) is 9.19. The Morgan fingerprint density at radius 3 is 2.37 bits per heavy atom. The molecule has 0 unspecified atom stereocenters. The van der Waals surface area contributed by atoms with Gasteiger partial charge in [0.2, 0.25) is 5.95 Å². The fraction of sp³-hybridized carbons (Fsp3) is 0.405. The number of aromatic nitrogens is 5. The summed E-state index contributed by atoms with van der Waals surface area (Å²) in [5, 5.41) is 14.2. The highest BCUT2D eigenvalue weighted by Gasteiger charge is 2.35. The van der Waals surface area contributed by atoms with Gasteiger partial charge in [-0.05, 0) is 76.4 Å². The maximum atomic E-state index is 13.6. The molecule has 0 spiro atoms. The van der Waals surface area contributed by atoms with E-state index in [1.807, 2.05) is 67.8 Å². The number of nitriles is 1. The van der Waals surface area contributed by atoms with E-state index in [0.29, 0.717) is 58.8 Å². The summed E-state index contributed by atoms with van der Waals surface area (Å²) in [6, 6.07) is 13.0. The minimum absolute atomic E-state index is 0.247. The number of imidazole rings is 1. The van der Waals surface area contributed by atoms with E-state index in [0.717, 1.165) is 54.2 Å². The molecule has 0 saturated carbocycles. The fourth-order valence-corrected chi connectivity index (χ4v) is 7.39. The van der Waals surface area contributed by atoms with Crippen LogP contribution in [0.15, 0.2) is 55.0 Å². The summed E-state index contributed by atoms with van der Waals surface area (Å²) in [5.41, 5.74) is 4.25. The zero-order chi connectivity index (χ0) is 35.9. The summed E-state index contributed by atoms with van der Waals surface area (Å²) in [5.74, 6) is 1.22. The number of halogens is 1. The van der Waals surface area contributed by atoms with Crippen molar-refractivity contribution in [3.8, 4) is 28.5 Å². The molecule has 5 aromatic rings. The van der Waals surface area contributed by atoms with Crippen LogP contribution < -0.4 is 15.1 Å². The second kappa shape index (κ2) is 13.9. The van der Waals surface area contributed by atoms with Crippen molar-refractivity contribution in [1.29, 1.82) is 5.26 Å². The molecule has 6 heterocycles. The Hall–Kier alpha value is -5.13. The number of fused-ring (bicyclic) bond motifs is 1. The number of piperidine rings is 1. The number of anilines is 3. The van der Waals surface area contributed by atoms with Crippen molar-refractivity contribution < 1.29 is 13.9 Å². The van der Waals surface area contributed by atoms with Gasteiger partial charge in [0, 0.05) is 80.6 Å². The number of likely N-dealkylation sites (tertiary alicyclic amines) is 1. The van der Waals surface area contributed by atoms with Gasteiger partial charge in [-0.2, -0.15) is 5.26 Å². The van der Waals surface area contributed by atoms with Gasteiger partial charge in [0.15, 0.2) is 5.13 Å². The van der Waals surface area contributed by atoms with Crippen molar-refractivity contribution in [2.75, 3.05) is 43.0 Å². The first kappa shape index (κ1) is 34.3. The number of amides is 1. The van der Waals surface area contributed by atoms with E-state index in [9.17, 15) is 14.4 Å². The summed E-state index contributed by atoms with van der Waals surface area (Å²) in [6.07, 6.45) is 8.17. The number of rotatable bonds is 8. The third-order valence-corrected chi connectivity index (χ3v) is 10.2. The van der Waals surface area contributed by atoms with Crippen LogP contribution in [0.4, 0.5) is 26.1 Å². The van der Waals surface area contributed by atoms with Crippen molar-refractivity contribution in [3.63, 3.8) is 0 Å². The number of carbonyl (C=O) groups excluding carboxylic acids is 1. The summed E-state index contributed by atoms with van der Waals surface area (Å²) >= 11 is 1.29. The molecule has 0 bridgehead atoms. The monoisotopic (exact) mass is 708 g/mol. The predicted octanol–water partition coefficient (Wildman–Crippen LogP) is 6.43. The van der Waals surface area contributed by atoms with Crippen LogP contribution in [0.5, 0.6) is 0 Å². The number of aryl methyl sites for hydroxylation is 1. The van der Waals surface area contributed by atoms with E-state index in [1.54, 1.807) is 17.0 Å². The van der Waals surface area contributed by atoms with Gasteiger partial charge in [0.05, 0.1) is 5.69 Å². The molecular formula is C37H41FN10O2S. The molecule has 14 heteroatoms. The zero-order valence-corrected chi connectivity index (χ0v) is 30.2. The second-order valence-corrected chi connectivity index (χ2v) is 15.0. The van der Waals surface area contributed by atoms with Gasteiger partial charge in [-0.15, -0.1) is 0 Å². The lowest BCUT2D eigenvalue weighted by Gasteiger charge is -2.43. The minimum atomic E-state index is -0.484. The summed E-state index contributed by atoms with van der Waals surface area (Å²) < 4.78 is 21.1. The van der Waals surface area contributed by atoms with E-state index in [-0.39, 0.29) is 11.9 Å². The molecule has 2 aliphatic heterocycles. The lowest BCUT2D eigenvalue weighted by molar-refractivity contribution is 0.00384. The maximum absolute atomic E-state index is 13.6. The smallest absolute Gasteiger partial charge is 0.410 e. The molecule has 12 nitrogen and oxygen atoms in total. The summed E-state index contributed by atoms with van der Waals surface area (Å²) in [6.45, 7) is 10.8. The van der Waals surface area contributed by atoms with Crippen molar-refractivity contribution in [2.24, 2.45) is 0 Å². The van der Waals surface area contributed by atoms with Crippen LogP contribution >= 0.6 is 11.3 Å². The molecule has 51 heavy (non-hydrogen) atoms. The Bertz CT molecular complexity index is 2070. The van der Waals surface area contributed by atoms with Gasteiger partial charge in [-0.25, -0.2) is 29.1 Å². The van der Waals surface area contributed by atoms with Crippen LogP contribution in [0.3, 0.4) is 0 Å². The normalized spacial score (nSPS) is 15.5.